The van der Waals surface area contributed by atoms with Crippen LogP contribution in [0.3, 0.4) is 0 Å². The molecule has 0 spiro atoms. The summed E-state index contributed by atoms with van der Waals surface area (Å²) in [5.41, 5.74) is 1.52. The highest BCUT2D eigenvalue weighted by atomic mass is 16.5. The van der Waals surface area contributed by atoms with Crippen molar-refractivity contribution < 1.29 is 19.0 Å². The van der Waals surface area contributed by atoms with Gasteiger partial charge in [0.25, 0.3) is 0 Å². The smallest absolute Gasteiger partial charge is 0.347 e. The number of unbranched alkanes of at least 4 members (excludes halogenated alkanes) is 4. The van der Waals surface area contributed by atoms with Gasteiger partial charge < -0.3 is 14.2 Å². The van der Waals surface area contributed by atoms with Crippen LogP contribution in [-0.2, 0) is 0 Å². The van der Waals surface area contributed by atoms with Gasteiger partial charge in [-0.1, -0.05) is 93.6 Å². The molecule has 0 saturated heterocycles. The minimum Gasteiger partial charge on any atom is -0.493 e. The van der Waals surface area contributed by atoms with E-state index in [9.17, 15) is 4.79 Å². The first kappa shape index (κ1) is 25.6. The summed E-state index contributed by atoms with van der Waals surface area (Å²) < 4.78 is 18.5. The van der Waals surface area contributed by atoms with Gasteiger partial charge in [-0.25, -0.2) is 4.79 Å². The fraction of sp³-hybridized carbons (Fsp3) is 0.344. The molecule has 0 heterocycles. The van der Waals surface area contributed by atoms with Gasteiger partial charge in [-0.3, -0.25) is 0 Å². The Morgan fingerprint density at radius 3 is 2.19 bits per heavy atom. The number of hydrogen-bond donors (Lipinski definition) is 0. The van der Waals surface area contributed by atoms with Crippen molar-refractivity contribution in [3.8, 4) is 17.2 Å². The molecule has 0 bridgehead atoms. The fourth-order valence-electron chi connectivity index (χ4n) is 4.41. The second kappa shape index (κ2) is 12.4. The number of fused-ring (bicyclic) bond motifs is 2. The number of carbonyl (C=O) groups excluding carboxylic acids is 1. The summed E-state index contributed by atoms with van der Waals surface area (Å²) in [4.78, 5) is 13.6. The third-order valence-electron chi connectivity index (χ3n) is 6.38. The fourth-order valence-corrected chi connectivity index (χ4v) is 4.41. The molecule has 188 valence electrons. The van der Waals surface area contributed by atoms with Crippen LogP contribution in [0.1, 0.15) is 68.3 Å². The average Bonchev–Trinajstić information content (AvgIpc) is 2.89. The predicted molar refractivity (Wildman–Crippen MR) is 148 cm³/mol. The number of aryl methyl sites for hydroxylation is 1. The summed E-state index contributed by atoms with van der Waals surface area (Å²) in [5.74, 6) is 1.34. The van der Waals surface area contributed by atoms with Crippen molar-refractivity contribution in [1.82, 2.24) is 0 Å². The molecule has 0 aliphatic carbocycles. The zero-order chi connectivity index (χ0) is 25.3. The minimum atomic E-state index is -0.447. The van der Waals surface area contributed by atoms with Crippen LogP contribution >= 0.6 is 0 Å². The van der Waals surface area contributed by atoms with Gasteiger partial charge in [0, 0.05) is 16.2 Å². The Labute approximate surface area is 214 Å². The zero-order valence-electron chi connectivity index (χ0n) is 21.6. The van der Waals surface area contributed by atoms with Crippen LogP contribution in [0.25, 0.3) is 21.5 Å². The highest BCUT2D eigenvalue weighted by Crippen LogP contribution is 2.39. The Balaban J connectivity index is 1.76. The van der Waals surface area contributed by atoms with Crippen molar-refractivity contribution in [2.24, 2.45) is 0 Å². The molecule has 0 aliphatic heterocycles. The Bertz CT molecular complexity index is 1320. The molecule has 0 atom stereocenters. The van der Waals surface area contributed by atoms with Crippen molar-refractivity contribution in [2.75, 3.05) is 13.2 Å². The molecule has 0 aromatic heterocycles. The van der Waals surface area contributed by atoms with Crippen LogP contribution in [0.2, 0.25) is 0 Å². The van der Waals surface area contributed by atoms with Crippen LogP contribution < -0.4 is 14.2 Å². The van der Waals surface area contributed by atoms with Crippen LogP contribution in [0.4, 0.5) is 0 Å². The first-order chi connectivity index (χ1) is 17.6. The Morgan fingerprint density at radius 2 is 1.42 bits per heavy atom. The largest absolute Gasteiger partial charge is 0.493 e. The van der Waals surface area contributed by atoms with Gasteiger partial charge >= 0.3 is 5.97 Å². The van der Waals surface area contributed by atoms with E-state index >= 15 is 0 Å². The highest BCUT2D eigenvalue weighted by molar-refractivity contribution is 6.05. The van der Waals surface area contributed by atoms with E-state index in [1.165, 1.54) is 0 Å². The van der Waals surface area contributed by atoms with Crippen LogP contribution in [0.15, 0.2) is 66.7 Å². The molecule has 4 aromatic rings. The van der Waals surface area contributed by atoms with E-state index in [4.69, 9.17) is 14.2 Å². The van der Waals surface area contributed by atoms with Crippen LogP contribution in [0.5, 0.6) is 17.2 Å². The van der Waals surface area contributed by atoms with E-state index in [0.717, 1.165) is 65.6 Å². The molecule has 0 unspecified atom stereocenters. The summed E-state index contributed by atoms with van der Waals surface area (Å²) >= 11 is 0. The molecule has 0 saturated carbocycles. The van der Waals surface area contributed by atoms with E-state index in [1.54, 1.807) is 6.07 Å². The SMILES string of the molecule is CCCCCOc1cc(C(=O)Oc2cccc3ccccc23)c(OCCCCC)c2ccc(C)cc12. The number of rotatable bonds is 12. The van der Waals surface area contributed by atoms with Crippen LogP contribution in [0, 0.1) is 6.92 Å². The Kier molecular flexibility index (Phi) is 8.83. The maximum Gasteiger partial charge on any atom is 0.347 e. The number of carbonyl (C=O) groups is 1. The van der Waals surface area contributed by atoms with Crippen LogP contribution in [-0.4, -0.2) is 19.2 Å². The van der Waals surface area contributed by atoms with Gasteiger partial charge in [0.1, 0.15) is 22.8 Å². The maximum absolute atomic E-state index is 13.6. The molecule has 4 heteroatoms. The number of ether oxygens (including phenoxy) is 3. The molecule has 0 N–H and O–H groups in total. The predicted octanol–water partition coefficient (Wildman–Crippen LogP) is 8.66. The second-order valence-corrected chi connectivity index (χ2v) is 9.28. The zero-order valence-corrected chi connectivity index (χ0v) is 21.6. The Morgan fingerprint density at radius 1 is 0.694 bits per heavy atom. The third-order valence-corrected chi connectivity index (χ3v) is 6.38. The van der Waals surface area contributed by atoms with E-state index in [2.05, 4.69) is 26.8 Å². The molecule has 0 radical (unpaired) electrons. The molecule has 0 amide bonds. The van der Waals surface area contributed by atoms with Crippen molar-refractivity contribution in [2.45, 2.75) is 59.3 Å². The molecule has 4 nitrogen and oxygen atoms in total. The maximum atomic E-state index is 13.6. The van der Waals surface area contributed by atoms with E-state index in [-0.39, 0.29) is 0 Å². The lowest BCUT2D eigenvalue weighted by molar-refractivity contribution is 0.0732. The number of hydrogen-bond acceptors (Lipinski definition) is 4. The highest BCUT2D eigenvalue weighted by Gasteiger charge is 2.22. The second-order valence-electron chi connectivity index (χ2n) is 9.28. The molecule has 0 aliphatic rings. The average molecular weight is 485 g/mol. The monoisotopic (exact) mass is 484 g/mol. The molecule has 36 heavy (non-hydrogen) atoms. The summed E-state index contributed by atoms with van der Waals surface area (Å²) in [5, 5.41) is 3.74. The van der Waals surface area contributed by atoms with Gasteiger partial charge in [0.05, 0.1) is 13.2 Å². The molecular formula is C32H36O4. The van der Waals surface area contributed by atoms with Gasteiger partial charge in [0.15, 0.2) is 0 Å². The standard InChI is InChI=1S/C32H36O4/c1-4-6-10-19-34-30-22-28(32(33)36-29-16-12-14-24-13-8-9-15-25(24)29)31(35-20-11-7-5-2)26-18-17-23(3)21-27(26)30/h8-9,12-18,21-22H,4-7,10-11,19-20H2,1-3H3. The van der Waals surface area contributed by atoms with Crippen molar-refractivity contribution in [1.29, 1.82) is 0 Å². The van der Waals surface area contributed by atoms with Gasteiger partial charge in [-0.15, -0.1) is 0 Å². The lowest BCUT2D eigenvalue weighted by Crippen LogP contribution is -2.13. The molecular weight excluding hydrogens is 448 g/mol. The first-order valence-electron chi connectivity index (χ1n) is 13.1. The van der Waals surface area contributed by atoms with Gasteiger partial charge in [0.2, 0.25) is 0 Å². The molecule has 4 rings (SSSR count). The minimum absolute atomic E-state index is 0.390. The number of benzene rings is 4. The summed E-state index contributed by atoms with van der Waals surface area (Å²) in [6.45, 7) is 7.54. The van der Waals surface area contributed by atoms with E-state index in [0.29, 0.717) is 36.0 Å². The lowest BCUT2D eigenvalue weighted by atomic mass is 10.0. The van der Waals surface area contributed by atoms with E-state index < -0.39 is 5.97 Å². The van der Waals surface area contributed by atoms with Gasteiger partial charge in [-0.05, 0) is 43.4 Å². The summed E-state index contributed by atoms with van der Waals surface area (Å²) in [6.07, 6.45) is 6.29. The normalized spacial score (nSPS) is 11.1. The Hall–Kier alpha value is -3.53. The molecule has 0 fully saturated rings. The summed E-state index contributed by atoms with van der Waals surface area (Å²) in [7, 11) is 0. The summed E-state index contributed by atoms with van der Waals surface area (Å²) in [6, 6.07) is 21.6. The van der Waals surface area contributed by atoms with Gasteiger partial charge in [-0.2, -0.15) is 0 Å². The quantitative estimate of drug-likeness (QED) is 0.115. The first-order valence-corrected chi connectivity index (χ1v) is 13.1. The van der Waals surface area contributed by atoms with Crippen molar-refractivity contribution in [3.05, 3.63) is 77.9 Å². The van der Waals surface area contributed by atoms with Crippen molar-refractivity contribution in [3.63, 3.8) is 0 Å². The topological polar surface area (TPSA) is 44.8 Å². The number of esters is 1. The van der Waals surface area contributed by atoms with Crippen molar-refractivity contribution >= 4 is 27.5 Å². The lowest BCUT2D eigenvalue weighted by Gasteiger charge is -2.18. The van der Waals surface area contributed by atoms with E-state index in [1.807, 2.05) is 54.6 Å². The third kappa shape index (κ3) is 5.99. The molecule has 4 aromatic carbocycles.